The summed E-state index contributed by atoms with van der Waals surface area (Å²) in [5.74, 6) is 1.01. The Bertz CT molecular complexity index is 592. The van der Waals surface area contributed by atoms with Crippen molar-refractivity contribution in [2.45, 2.75) is 26.3 Å². The van der Waals surface area contributed by atoms with Crippen LogP contribution in [0.15, 0.2) is 30.6 Å². The van der Waals surface area contributed by atoms with E-state index in [1.807, 2.05) is 10.8 Å². The molecule has 2 aromatic rings. The van der Waals surface area contributed by atoms with E-state index < -0.39 is 4.92 Å². The second kappa shape index (κ2) is 5.51. The SMILES string of the molecule is CCCc1nccn1Cc1ccc([N+](=O)[O-])c(N)c1. The molecule has 0 saturated carbocycles. The standard InChI is InChI=1S/C13H16N4O2/c1-2-3-13-15-6-7-16(13)9-10-4-5-12(17(18)19)11(14)8-10/h4-8H,2-3,9,14H2,1H3. The second-order valence-corrected chi connectivity index (χ2v) is 4.37. The third-order valence-corrected chi connectivity index (χ3v) is 2.92. The summed E-state index contributed by atoms with van der Waals surface area (Å²) >= 11 is 0. The molecule has 0 bridgehead atoms. The molecule has 0 spiro atoms. The highest BCUT2D eigenvalue weighted by Crippen LogP contribution is 2.22. The Morgan fingerprint density at radius 2 is 2.26 bits per heavy atom. The van der Waals surface area contributed by atoms with Gasteiger partial charge in [-0.1, -0.05) is 13.0 Å². The molecule has 1 aromatic carbocycles. The van der Waals surface area contributed by atoms with Crippen LogP contribution in [0.2, 0.25) is 0 Å². The summed E-state index contributed by atoms with van der Waals surface area (Å²) in [4.78, 5) is 14.5. The molecule has 100 valence electrons. The van der Waals surface area contributed by atoms with Gasteiger partial charge in [-0.25, -0.2) is 4.98 Å². The minimum absolute atomic E-state index is 0.0526. The summed E-state index contributed by atoms with van der Waals surface area (Å²) in [7, 11) is 0. The third-order valence-electron chi connectivity index (χ3n) is 2.92. The maximum absolute atomic E-state index is 10.7. The first-order chi connectivity index (χ1) is 9.11. The first-order valence-electron chi connectivity index (χ1n) is 6.14. The summed E-state index contributed by atoms with van der Waals surface area (Å²) in [6.45, 7) is 2.72. The van der Waals surface area contributed by atoms with E-state index in [4.69, 9.17) is 5.73 Å². The van der Waals surface area contributed by atoms with E-state index in [0.717, 1.165) is 24.2 Å². The van der Waals surface area contributed by atoms with Crippen LogP contribution >= 0.6 is 0 Å². The molecule has 0 aliphatic rings. The number of aromatic nitrogens is 2. The molecule has 2 rings (SSSR count). The number of benzene rings is 1. The van der Waals surface area contributed by atoms with Crippen LogP contribution < -0.4 is 5.73 Å². The van der Waals surface area contributed by atoms with Gasteiger partial charge in [0.15, 0.2) is 0 Å². The Morgan fingerprint density at radius 1 is 1.47 bits per heavy atom. The van der Waals surface area contributed by atoms with Crippen molar-refractivity contribution < 1.29 is 4.92 Å². The van der Waals surface area contributed by atoms with E-state index in [9.17, 15) is 10.1 Å². The molecule has 0 aliphatic carbocycles. The molecule has 0 fully saturated rings. The number of nitrogen functional groups attached to an aromatic ring is 1. The maximum Gasteiger partial charge on any atom is 0.292 e. The molecule has 6 heteroatoms. The highest BCUT2D eigenvalue weighted by molar-refractivity contribution is 5.59. The van der Waals surface area contributed by atoms with E-state index in [1.165, 1.54) is 6.07 Å². The van der Waals surface area contributed by atoms with E-state index in [1.54, 1.807) is 18.3 Å². The molecule has 0 amide bonds. The predicted octanol–water partition coefficient (Wildman–Crippen LogP) is 2.37. The Kier molecular flexibility index (Phi) is 3.79. The number of aryl methyl sites for hydroxylation is 1. The molecule has 0 unspecified atom stereocenters. The van der Waals surface area contributed by atoms with Crippen molar-refractivity contribution >= 4 is 11.4 Å². The smallest absolute Gasteiger partial charge is 0.292 e. The molecule has 2 N–H and O–H groups in total. The van der Waals surface area contributed by atoms with Crippen molar-refractivity contribution in [1.82, 2.24) is 9.55 Å². The zero-order valence-electron chi connectivity index (χ0n) is 10.7. The van der Waals surface area contributed by atoms with E-state index in [-0.39, 0.29) is 11.4 Å². The number of imidazole rings is 1. The minimum atomic E-state index is -0.473. The van der Waals surface area contributed by atoms with Crippen LogP contribution in [0.1, 0.15) is 24.7 Å². The average molecular weight is 260 g/mol. The molecule has 19 heavy (non-hydrogen) atoms. The van der Waals surface area contributed by atoms with Gasteiger partial charge in [-0.3, -0.25) is 10.1 Å². The Hall–Kier alpha value is -2.37. The molecule has 0 saturated heterocycles. The topological polar surface area (TPSA) is 87.0 Å². The van der Waals surface area contributed by atoms with E-state index >= 15 is 0 Å². The number of rotatable bonds is 5. The molecule has 0 atom stereocenters. The van der Waals surface area contributed by atoms with Crippen molar-refractivity contribution in [2.75, 3.05) is 5.73 Å². The van der Waals surface area contributed by atoms with Gasteiger partial charge in [0.25, 0.3) is 5.69 Å². The number of nitrogens with zero attached hydrogens (tertiary/aromatic N) is 3. The molecular formula is C13H16N4O2. The lowest BCUT2D eigenvalue weighted by molar-refractivity contribution is -0.383. The summed E-state index contributed by atoms with van der Waals surface area (Å²) in [5, 5.41) is 10.7. The van der Waals surface area contributed by atoms with Gasteiger partial charge in [0, 0.05) is 31.4 Å². The fourth-order valence-electron chi connectivity index (χ4n) is 2.00. The lowest BCUT2D eigenvalue weighted by Crippen LogP contribution is -2.05. The number of nitro benzene ring substituents is 1. The number of nitrogens with two attached hydrogens (primary N) is 1. The molecule has 6 nitrogen and oxygen atoms in total. The van der Waals surface area contributed by atoms with Crippen LogP contribution in [-0.2, 0) is 13.0 Å². The summed E-state index contributed by atoms with van der Waals surface area (Å²) in [5.41, 5.74) is 6.75. The van der Waals surface area contributed by atoms with Gasteiger partial charge in [-0.15, -0.1) is 0 Å². The first kappa shape index (κ1) is 13.1. The van der Waals surface area contributed by atoms with Crippen molar-refractivity contribution in [3.8, 4) is 0 Å². The molecule has 0 aliphatic heterocycles. The second-order valence-electron chi connectivity index (χ2n) is 4.37. The number of nitro groups is 1. The minimum Gasteiger partial charge on any atom is -0.393 e. The summed E-state index contributed by atoms with van der Waals surface area (Å²) < 4.78 is 2.03. The van der Waals surface area contributed by atoms with Gasteiger partial charge in [-0.2, -0.15) is 0 Å². The zero-order valence-corrected chi connectivity index (χ0v) is 10.7. The number of hydrogen-bond donors (Lipinski definition) is 1. The lowest BCUT2D eigenvalue weighted by Gasteiger charge is -2.08. The monoisotopic (exact) mass is 260 g/mol. The fraction of sp³-hybridized carbons (Fsp3) is 0.308. The van der Waals surface area contributed by atoms with Crippen LogP contribution in [0.3, 0.4) is 0 Å². The highest BCUT2D eigenvalue weighted by atomic mass is 16.6. The van der Waals surface area contributed by atoms with Crippen molar-refractivity contribution in [3.63, 3.8) is 0 Å². The van der Waals surface area contributed by atoms with Gasteiger partial charge >= 0.3 is 0 Å². The van der Waals surface area contributed by atoms with Gasteiger partial charge in [0.1, 0.15) is 11.5 Å². The third kappa shape index (κ3) is 2.90. The summed E-state index contributed by atoms with van der Waals surface area (Å²) in [6, 6.07) is 4.82. The number of hydrogen-bond acceptors (Lipinski definition) is 4. The van der Waals surface area contributed by atoms with Crippen LogP contribution in [0, 0.1) is 10.1 Å². The van der Waals surface area contributed by atoms with Gasteiger partial charge in [-0.05, 0) is 18.1 Å². The fourth-order valence-corrected chi connectivity index (χ4v) is 2.00. The van der Waals surface area contributed by atoms with Crippen molar-refractivity contribution in [2.24, 2.45) is 0 Å². The van der Waals surface area contributed by atoms with Crippen LogP contribution in [0.5, 0.6) is 0 Å². The molecular weight excluding hydrogens is 244 g/mol. The van der Waals surface area contributed by atoms with Crippen LogP contribution in [-0.4, -0.2) is 14.5 Å². The Balaban J connectivity index is 2.21. The van der Waals surface area contributed by atoms with E-state index in [0.29, 0.717) is 6.54 Å². The largest absolute Gasteiger partial charge is 0.393 e. The average Bonchev–Trinajstić information content (AvgIpc) is 2.77. The maximum atomic E-state index is 10.7. The van der Waals surface area contributed by atoms with Crippen LogP contribution in [0.4, 0.5) is 11.4 Å². The van der Waals surface area contributed by atoms with Gasteiger partial charge in [0.05, 0.1) is 4.92 Å². The lowest BCUT2D eigenvalue weighted by atomic mass is 10.1. The zero-order chi connectivity index (χ0) is 13.8. The van der Waals surface area contributed by atoms with E-state index in [2.05, 4.69) is 11.9 Å². The quantitative estimate of drug-likeness (QED) is 0.508. The van der Waals surface area contributed by atoms with Gasteiger partial charge < -0.3 is 10.3 Å². The normalized spacial score (nSPS) is 10.6. The molecule has 0 radical (unpaired) electrons. The van der Waals surface area contributed by atoms with Crippen molar-refractivity contribution in [3.05, 3.63) is 52.1 Å². The molecule has 1 aromatic heterocycles. The van der Waals surface area contributed by atoms with Gasteiger partial charge in [0.2, 0.25) is 0 Å². The summed E-state index contributed by atoms with van der Waals surface area (Å²) in [6.07, 6.45) is 5.61. The molecule has 1 heterocycles. The Morgan fingerprint density at radius 3 is 2.89 bits per heavy atom. The Labute approximate surface area is 111 Å². The van der Waals surface area contributed by atoms with Crippen LogP contribution in [0.25, 0.3) is 0 Å². The highest BCUT2D eigenvalue weighted by Gasteiger charge is 2.11. The first-order valence-corrected chi connectivity index (χ1v) is 6.14. The van der Waals surface area contributed by atoms with Crippen molar-refractivity contribution in [1.29, 1.82) is 0 Å². The number of anilines is 1. The predicted molar refractivity (Wildman–Crippen MR) is 72.8 cm³/mol.